The smallest absolute Gasteiger partial charge is 0.272 e. The van der Waals surface area contributed by atoms with E-state index in [2.05, 4.69) is 34.9 Å². The summed E-state index contributed by atoms with van der Waals surface area (Å²) in [5.74, 6) is 0.0336. The summed E-state index contributed by atoms with van der Waals surface area (Å²) >= 11 is 5.23. The molecule has 0 unspecified atom stereocenters. The van der Waals surface area contributed by atoms with Crippen LogP contribution < -0.4 is 21.1 Å². The van der Waals surface area contributed by atoms with Crippen LogP contribution in [0.5, 0.6) is 0 Å². The number of benzene rings is 1. The van der Waals surface area contributed by atoms with Gasteiger partial charge in [-0.2, -0.15) is 0 Å². The number of nitro groups is 1. The highest BCUT2D eigenvalue weighted by Crippen LogP contribution is 2.28. The van der Waals surface area contributed by atoms with Gasteiger partial charge in [0, 0.05) is 31.8 Å². The predicted molar refractivity (Wildman–Crippen MR) is 119 cm³/mol. The maximum absolute atomic E-state index is 12.7. The Morgan fingerprint density at radius 1 is 1.28 bits per heavy atom. The van der Waals surface area contributed by atoms with Crippen LogP contribution in [0.2, 0.25) is 0 Å². The highest BCUT2D eigenvalue weighted by molar-refractivity contribution is 7.80. The molecule has 0 bridgehead atoms. The van der Waals surface area contributed by atoms with Crippen molar-refractivity contribution in [2.24, 2.45) is 5.92 Å². The van der Waals surface area contributed by atoms with Crippen LogP contribution in [0.3, 0.4) is 0 Å². The lowest BCUT2D eigenvalue weighted by Gasteiger charge is -2.21. The third-order valence-electron chi connectivity index (χ3n) is 5.08. The monoisotopic (exact) mass is 421 g/mol. The van der Waals surface area contributed by atoms with Gasteiger partial charge in [-0.1, -0.05) is 33.1 Å². The molecule has 1 aliphatic rings. The molecular weight excluding hydrogens is 390 g/mol. The minimum Gasteiger partial charge on any atom is -0.371 e. The minimum atomic E-state index is -0.496. The van der Waals surface area contributed by atoms with Gasteiger partial charge in [0.05, 0.1) is 16.2 Å². The van der Waals surface area contributed by atoms with E-state index in [0.29, 0.717) is 16.7 Å². The van der Waals surface area contributed by atoms with E-state index >= 15 is 0 Å². The van der Waals surface area contributed by atoms with E-state index in [-0.39, 0.29) is 11.3 Å². The first-order valence-electron chi connectivity index (χ1n) is 10.3. The minimum absolute atomic E-state index is 0.111. The predicted octanol–water partition coefficient (Wildman–Crippen LogP) is 3.52. The molecule has 1 aromatic rings. The van der Waals surface area contributed by atoms with Crippen molar-refractivity contribution >= 4 is 34.6 Å². The van der Waals surface area contributed by atoms with Crippen LogP contribution >= 0.6 is 12.2 Å². The standard InChI is InChI=1S/C20H31N5O3S/c1-3-4-5-8-15(2)14-21-20(29)23-22-19(26)17-13-16(25(27)28)9-10-18(17)24-11-6-7-12-24/h9-10,13,15H,3-8,11-12,14H2,1-2H3,(H,22,26)(H2,21,23,29)/t15-/m0/s1. The van der Waals surface area contributed by atoms with E-state index < -0.39 is 10.8 Å². The summed E-state index contributed by atoms with van der Waals surface area (Å²) in [6.45, 7) is 6.74. The second-order valence-corrected chi connectivity index (χ2v) is 7.95. The van der Waals surface area contributed by atoms with Crippen molar-refractivity contribution < 1.29 is 9.72 Å². The number of hydrogen-bond donors (Lipinski definition) is 3. The number of hydrazine groups is 1. The van der Waals surface area contributed by atoms with Crippen molar-refractivity contribution in [2.45, 2.75) is 52.4 Å². The Bertz CT molecular complexity index is 722. The summed E-state index contributed by atoms with van der Waals surface area (Å²) < 4.78 is 0. The van der Waals surface area contributed by atoms with Gasteiger partial charge in [0.1, 0.15) is 0 Å². The molecule has 1 fully saturated rings. The van der Waals surface area contributed by atoms with Gasteiger partial charge in [0.2, 0.25) is 0 Å². The first kappa shape index (κ1) is 22.9. The van der Waals surface area contributed by atoms with Crippen LogP contribution in [0.1, 0.15) is 62.7 Å². The lowest BCUT2D eigenvalue weighted by atomic mass is 10.0. The third kappa shape index (κ3) is 7.16. The third-order valence-corrected chi connectivity index (χ3v) is 5.33. The SMILES string of the molecule is CCCCC[C@H](C)CNC(=S)NNC(=O)c1cc([N+](=O)[O-])ccc1N1CCCC1. The molecule has 0 aromatic heterocycles. The number of thiocarbonyl (C=S) groups is 1. The maximum Gasteiger partial charge on any atom is 0.272 e. The summed E-state index contributed by atoms with van der Waals surface area (Å²) in [6.07, 6.45) is 6.83. The Labute approximate surface area is 177 Å². The second kappa shape index (κ2) is 11.5. The van der Waals surface area contributed by atoms with E-state index in [0.717, 1.165) is 38.9 Å². The molecule has 0 saturated carbocycles. The Hall–Kier alpha value is -2.42. The van der Waals surface area contributed by atoms with E-state index in [4.69, 9.17) is 12.2 Å². The molecule has 0 spiro atoms. The number of anilines is 1. The molecule has 29 heavy (non-hydrogen) atoms. The number of nitro benzene ring substituents is 1. The van der Waals surface area contributed by atoms with Crippen molar-refractivity contribution in [1.82, 2.24) is 16.2 Å². The maximum atomic E-state index is 12.7. The van der Waals surface area contributed by atoms with Gasteiger partial charge >= 0.3 is 0 Å². The molecule has 1 atom stereocenters. The molecule has 1 heterocycles. The van der Waals surface area contributed by atoms with Gasteiger partial charge in [-0.3, -0.25) is 25.8 Å². The zero-order valence-electron chi connectivity index (χ0n) is 17.2. The fourth-order valence-electron chi connectivity index (χ4n) is 3.39. The van der Waals surface area contributed by atoms with Gasteiger partial charge < -0.3 is 10.2 Å². The average molecular weight is 422 g/mol. The van der Waals surface area contributed by atoms with E-state index in [1.54, 1.807) is 6.07 Å². The van der Waals surface area contributed by atoms with Crippen LogP contribution in [-0.2, 0) is 0 Å². The molecule has 1 amide bonds. The van der Waals surface area contributed by atoms with Gasteiger partial charge in [-0.05, 0) is 43.5 Å². The Kier molecular flexibility index (Phi) is 9.11. The van der Waals surface area contributed by atoms with Crippen LogP contribution in [-0.4, -0.2) is 35.6 Å². The van der Waals surface area contributed by atoms with Crippen molar-refractivity contribution in [3.63, 3.8) is 0 Å². The molecule has 0 radical (unpaired) electrons. The molecule has 1 saturated heterocycles. The number of unbranched alkanes of at least 4 members (excludes halogenated alkanes) is 2. The number of rotatable bonds is 9. The molecule has 2 rings (SSSR count). The van der Waals surface area contributed by atoms with Crippen molar-refractivity contribution in [3.05, 3.63) is 33.9 Å². The number of non-ortho nitro benzene ring substituents is 1. The topological polar surface area (TPSA) is 99.5 Å². The highest BCUT2D eigenvalue weighted by Gasteiger charge is 2.22. The lowest BCUT2D eigenvalue weighted by Crippen LogP contribution is -2.47. The molecule has 9 heteroatoms. The normalized spacial score (nSPS) is 14.3. The Morgan fingerprint density at radius 3 is 2.66 bits per heavy atom. The molecule has 1 aromatic carbocycles. The molecule has 8 nitrogen and oxygen atoms in total. The van der Waals surface area contributed by atoms with Gasteiger partial charge in [-0.25, -0.2) is 0 Å². The largest absolute Gasteiger partial charge is 0.371 e. The molecule has 160 valence electrons. The average Bonchev–Trinajstić information content (AvgIpc) is 3.24. The number of nitrogens with zero attached hydrogens (tertiary/aromatic N) is 2. The zero-order valence-corrected chi connectivity index (χ0v) is 18.0. The Balaban J connectivity index is 1.92. The number of hydrogen-bond acceptors (Lipinski definition) is 5. The first-order chi connectivity index (χ1) is 13.9. The van der Waals surface area contributed by atoms with Crippen LogP contribution in [0.15, 0.2) is 18.2 Å². The highest BCUT2D eigenvalue weighted by atomic mass is 32.1. The fraction of sp³-hybridized carbons (Fsp3) is 0.600. The van der Waals surface area contributed by atoms with Crippen LogP contribution in [0.25, 0.3) is 0 Å². The van der Waals surface area contributed by atoms with Crippen molar-refractivity contribution in [3.8, 4) is 0 Å². The summed E-state index contributed by atoms with van der Waals surface area (Å²) in [5, 5.41) is 14.6. The van der Waals surface area contributed by atoms with Crippen LogP contribution in [0.4, 0.5) is 11.4 Å². The number of nitrogens with one attached hydrogen (secondary N) is 3. The number of carbonyl (C=O) groups is 1. The molecular formula is C20H31N5O3S. The number of carbonyl (C=O) groups excluding carboxylic acids is 1. The molecule has 1 aliphatic heterocycles. The van der Waals surface area contributed by atoms with Gasteiger partial charge in [-0.15, -0.1) is 0 Å². The zero-order chi connectivity index (χ0) is 21.2. The molecule has 0 aliphatic carbocycles. The summed E-state index contributed by atoms with van der Waals surface area (Å²) in [7, 11) is 0. The Morgan fingerprint density at radius 2 is 2.00 bits per heavy atom. The summed E-state index contributed by atoms with van der Waals surface area (Å²) in [5.41, 5.74) is 6.13. The van der Waals surface area contributed by atoms with Gasteiger partial charge in [0.15, 0.2) is 5.11 Å². The summed E-state index contributed by atoms with van der Waals surface area (Å²) in [4.78, 5) is 25.4. The molecule has 3 N–H and O–H groups in total. The second-order valence-electron chi connectivity index (χ2n) is 7.54. The first-order valence-corrected chi connectivity index (χ1v) is 10.7. The van der Waals surface area contributed by atoms with Crippen molar-refractivity contribution in [2.75, 3.05) is 24.5 Å². The van der Waals surface area contributed by atoms with E-state index in [1.165, 1.54) is 31.4 Å². The van der Waals surface area contributed by atoms with Gasteiger partial charge in [0.25, 0.3) is 11.6 Å². The quantitative estimate of drug-likeness (QED) is 0.243. The van der Waals surface area contributed by atoms with E-state index in [9.17, 15) is 14.9 Å². The van der Waals surface area contributed by atoms with Crippen molar-refractivity contribution in [1.29, 1.82) is 0 Å². The fourth-order valence-corrected chi connectivity index (χ4v) is 3.52. The van der Waals surface area contributed by atoms with Crippen LogP contribution in [0, 0.1) is 16.0 Å². The summed E-state index contributed by atoms with van der Waals surface area (Å²) in [6, 6.07) is 4.40. The lowest BCUT2D eigenvalue weighted by molar-refractivity contribution is -0.384. The number of amides is 1. The van der Waals surface area contributed by atoms with E-state index in [1.807, 2.05) is 0 Å².